The van der Waals surface area contributed by atoms with Crippen LogP contribution in [0.15, 0.2) is 58.5 Å². The predicted molar refractivity (Wildman–Crippen MR) is 79.9 cm³/mol. The first-order chi connectivity index (χ1) is 9.54. The van der Waals surface area contributed by atoms with Gasteiger partial charge in [0.2, 0.25) is 5.96 Å². The largest absolute Gasteiger partial charge is 0.383 e. The highest BCUT2D eigenvalue weighted by Crippen LogP contribution is 2.16. The molecule has 4 nitrogen and oxygen atoms in total. The average Bonchev–Trinajstić information content (AvgIpc) is 2.41. The maximum Gasteiger partial charge on any atom is 0.222 e. The third-order valence-electron chi connectivity index (χ3n) is 2.43. The lowest BCUT2D eigenvalue weighted by molar-refractivity contribution is 0.627. The maximum absolute atomic E-state index is 13.1. The van der Waals surface area contributed by atoms with Gasteiger partial charge in [-0.25, -0.2) is 9.38 Å². The van der Waals surface area contributed by atoms with Crippen LogP contribution in [0, 0.1) is 5.82 Å². The molecule has 0 bridgehead atoms. The van der Waals surface area contributed by atoms with Gasteiger partial charge in [-0.15, -0.1) is 0 Å². The van der Waals surface area contributed by atoms with Crippen LogP contribution < -0.4 is 11.5 Å². The summed E-state index contributed by atoms with van der Waals surface area (Å²) in [7, 11) is 0. The van der Waals surface area contributed by atoms with E-state index in [1.54, 1.807) is 36.4 Å². The quantitative estimate of drug-likeness (QED) is 0.659. The standard InChI is InChI=1S/C14H12ClFN4/c15-10-4-6-12(7-5-10)19-14(18)20-13(17)9-2-1-3-11(16)8-9/h1-8H,(H4,17,18,19,20). The van der Waals surface area contributed by atoms with Gasteiger partial charge in [-0.3, -0.25) is 0 Å². The van der Waals surface area contributed by atoms with Gasteiger partial charge < -0.3 is 11.5 Å². The Hall–Kier alpha value is -2.40. The fraction of sp³-hybridized carbons (Fsp3) is 0. The Morgan fingerprint density at radius 2 is 1.75 bits per heavy atom. The molecule has 2 rings (SSSR count). The molecule has 2 aromatic rings. The highest BCUT2D eigenvalue weighted by atomic mass is 35.5. The van der Waals surface area contributed by atoms with E-state index in [0.717, 1.165) is 0 Å². The summed E-state index contributed by atoms with van der Waals surface area (Å²) in [6, 6.07) is 12.5. The van der Waals surface area contributed by atoms with Crippen molar-refractivity contribution in [3.63, 3.8) is 0 Å². The fourth-order valence-electron chi connectivity index (χ4n) is 1.51. The Bertz CT molecular complexity index is 665. The van der Waals surface area contributed by atoms with Gasteiger partial charge in [0.05, 0.1) is 5.69 Å². The SMILES string of the molecule is NC(=Nc1ccc(Cl)cc1)N=C(N)c1cccc(F)c1. The van der Waals surface area contributed by atoms with E-state index in [0.29, 0.717) is 16.3 Å². The molecule has 0 unspecified atom stereocenters. The van der Waals surface area contributed by atoms with Crippen molar-refractivity contribution in [1.82, 2.24) is 0 Å². The Morgan fingerprint density at radius 1 is 1.05 bits per heavy atom. The summed E-state index contributed by atoms with van der Waals surface area (Å²) in [6.45, 7) is 0. The zero-order valence-corrected chi connectivity index (χ0v) is 11.2. The molecule has 102 valence electrons. The summed E-state index contributed by atoms with van der Waals surface area (Å²) in [5.41, 5.74) is 12.5. The molecule has 0 aliphatic carbocycles. The monoisotopic (exact) mass is 290 g/mol. The minimum atomic E-state index is -0.395. The molecule has 0 heterocycles. The topological polar surface area (TPSA) is 76.8 Å². The molecule has 2 aromatic carbocycles. The number of benzene rings is 2. The van der Waals surface area contributed by atoms with E-state index in [1.165, 1.54) is 12.1 Å². The van der Waals surface area contributed by atoms with Crippen molar-refractivity contribution in [2.24, 2.45) is 21.5 Å². The van der Waals surface area contributed by atoms with Crippen LogP contribution in [-0.4, -0.2) is 11.8 Å². The van der Waals surface area contributed by atoms with Gasteiger partial charge in [0, 0.05) is 10.6 Å². The van der Waals surface area contributed by atoms with Crippen molar-refractivity contribution >= 4 is 29.1 Å². The predicted octanol–water partition coefficient (Wildman–Crippen LogP) is 2.83. The first-order valence-corrected chi connectivity index (χ1v) is 6.12. The van der Waals surface area contributed by atoms with Crippen LogP contribution in [0.1, 0.15) is 5.56 Å². The second-order valence-corrected chi connectivity index (χ2v) is 4.39. The highest BCUT2D eigenvalue weighted by Gasteiger charge is 2.01. The molecular weight excluding hydrogens is 279 g/mol. The number of guanidine groups is 1. The van der Waals surface area contributed by atoms with Gasteiger partial charge in [0.1, 0.15) is 11.7 Å². The number of rotatable bonds is 2. The molecule has 4 N–H and O–H groups in total. The number of hydrogen-bond acceptors (Lipinski definition) is 1. The molecular formula is C14H12ClFN4. The Morgan fingerprint density at radius 3 is 2.40 bits per heavy atom. The number of halogens is 2. The van der Waals surface area contributed by atoms with Crippen molar-refractivity contribution in [3.05, 3.63) is 64.9 Å². The van der Waals surface area contributed by atoms with Crippen LogP contribution in [0.2, 0.25) is 5.02 Å². The Labute approximate surface area is 120 Å². The van der Waals surface area contributed by atoms with Crippen molar-refractivity contribution < 1.29 is 4.39 Å². The van der Waals surface area contributed by atoms with E-state index in [2.05, 4.69) is 9.98 Å². The van der Waals surface area contributed by atoms with Gasteiger partial charge in [0.25, 0.3) is 0 Å². The van der Waals surface area contributed by atoms with Crippen LogP contribution in [0.25, 0.3) is 0 Å². The number of nitrogens with two attached hydrogens (primary N) is 2. The summed E-state index contributed by atoms with van der Waals surface area (Å²) in [5, 5.41) is 0.602. The average molecular weight is 291 g/mol. The van der Waals surface area contributed by atoms with Crippen molar-refractivity contribution in [3.8, 4) is 0 Å². The lowest BCUT2D eigenvalue weighted by atomic mass is 10.2. The smallest absolute Gasteiger partial charge is 0.222 e. The molecule has 20 heavy (non-hydrogen) atoms. The summed E-state index contributed by atoms with van der Waals surface area (Å²) in [5.74, 6) is -0.317. The second-order valence-electron chi connectivity index (χ2n) is 3.95. The zero-order valence-electron chi connectivity index (χ0n) is 10.4. The van der Waals surface area contributed by atoms with E-state index in [9.17, 15) is 4.39 Å². The van der Waals surface area contributed by atoms with Crippen LogP contribution in [0.4, 0.5) is 10.1 Å². The molecule has 0 spiro atoms. The van der Waals surface area contributed by atoms with Gasteiger partial charge >= 0.3 is 0 Å². The number of aliphatic imine (C=N–C) groups is 2. The first-order valence-electron chi connectivity index (χ1n) is 5.74. The molecule has 0 aliphatic rings. The van der Waals surface area contributed by atoms with E-state index in [4.69, 9.17) is 23.1 Å². The number of nitrogens with zero attached hydrogens (tertiary/aromatic N) is 2. The molecule has 0 aromatic heterocycles. The fourth-order valence-corrected chi connectivity index (χ4v) is 1.63. The van der Waals surface area contributed by atoms with Gasteiger partial charge in [-0.2, -0.15) is 4.99 Å². The molecule has 0 atom stereocenters. The third-order valence-corrected chi connectivity index (χ3v) is 2.68. The normalized spacial score (nSPS) is 12.5. The second kappa shape index (κ2) is 6.16. The Balaban J connectivity index is 2.23. The minimum absolute atomic E-state index is 0.0194. The van der Waals surface area contributed by atoms with Crippen molar-refractivity contribution in [2.45, 2.75) is 0 Å². The van der Waals surface area contributed by atoms with Crippen molar-refractivity contribution in [2.75, 3.05) is 0 Å². The lowest BCUT2D eigenvalue weighted by Crippen LogP contribution is -2.19. The van der Waals surface area contributed by atoms with Crippen LogP contribution in [0.3, 0.4) is 0 Å². The summed E-state index contributed by atoms with van der Waals surface area (Å²) < 4.78 is 13.1. The molecule has 0 saturated carbocycles. The van der Waals surface area contributed by atoms with Crippen molar-refractivity contribution in [1.29, 1.82) is 0 Å². The van der Waals surface area contributed by atoms with Crippen LogP contribution in [-0.2, 0) is 0 Å². The molecule has 0 radical (unpaired) electrons. The van der Waals surface area contributed by atoms with Gasteiger partial charge in [-0.1, -0.05) is 23.7 Å². The maximum atomic E-state index is 13.1. The number of amidine groups is 1. The van der Waals surface area contributed by atoms with E-state index >= 15 is 0 Å². The van der Waals surface area contributed by atoms with Crippen LogP contribution in [0.5, 0.6) is 0 Å². The minimum Gasteiger partial charge on any atom is -0.383 e. The lowest BCUT2D eigenvalue weighted by Gasteiger charge is -2.01. The molecule has 0 fully saturated rings. The van der Waals surface area contributed by atoms with Gasteiger partial charge in [-0.05, 0) is 36.4 Å². The first kappa shape index (κ1) is 14.0. The molecule has 0 saturated heterocycles. The molecule has 6 heteroatoms. The Kier molecular flexibility index (Phi) is 4.32. The van der Waals surface area contributed by atoms with E-state index in [1.807, 2.05) is 0 Å². The van der Waals surface area contributed by atoms with Gasteiger partial charge in [0.15, 0.2) is 0 Å². The van der Waals surface area contributed by atoms with E-state index < -0.39 is 5.82 Å². The highest BCUT2D eigenvalue weighted by molar-refractivity contribution is 6.30. The van der Waals surface area contributed by atoms with E-state index in [-0.39, 0.29) is 11.8 Å². The zero-order chi connectivity index (χ0) is 14.5. The number of hydrogen-bond donors (Lipinski definition) is 2. The summed E-state index contributed by atoms with van der Waals surface area (Å²) in [4.78, 5) is 7.99. The summed E-state index contributed by atoms with van der Waals surface area (Å²) >= 11 is 5.76. The third kappa shape index (κ3) is 3.80. The molecule has 0 amide bonds. The summed E-state index contributed by atoms with van der Waals surface area (Å²) in [6.07, 6.45) is 0. The molecule has 0 aliphatic heterocycles. The van der Waals surface area contributed by atoms with Crippen LogP contribution >= 0.6 is 11.6 Å².